The van der Waals surface area contributed by atoms with Crippen molar-refractivity contribution in [2.75, 3.05) is 12.4 Å². The van der Waals surface area contributed by atoms with Crippen LogP contribution in [0, 0.1) is 6.92 Å². The van der Waals surface area contributed by atoms with Crippen LogP contribution in [-0.2, 0) is 17.4 Å². The quantitative estimate of drug-likeness (QED) is 0.471. The van der Waals surface area contributed by atoms with Crippen LogP contribution in [0.1, 0.15) is 17.0 Å². The Morgan fingerprint density at radius 1 is 1.15 bits per heavy atom. The molecule has 33 heavy (non-hydrogen) atoms. The van der Waals surface area contributed by atoms with Gasteiger partial charge in [-0.1, -0.05) is 36.4 Å². The summed E-state index contributed by atoms with van der Waals surface area (Å²) >= 11 is 0. The van der Waals surface area contributed by atoms with E-state index in [2.05, 4.69) is 15.4 Å². The summed E-state index contributed by atoms with van der Waals surface area (Å²) in [5, 5.41) is 6.23. The number of hydrogen-bond acceptors (Lipinski definition) is 4. The fourth-order valence-corrected chi connectivity index (χ4v) is 3.57. The number of alkyl halides is 3. The zero-order valence-corrected chi connectivity index (χ0v) is 17.7. The first kappa shape index (κ1) is 22.1. The van der Waals surface area contributed by atoms with E-state index in [1.807, 2.05) is 0 Å². The number of hydrogen-bond donors (Lipinski definition) is 2. The number of halogens is 3. The van der Waals surface area contributed by atoms with Crippen molar-refractivity contribution in [1.29, 1.82) is 0 Å². The van der Waals surface area contributed by atoms with E-state index in [1.165, 1.54) is 26.2 Å². The third-order valence-corrected chi connectivity index (χ3v) is 5.12. The number of rotatable bonds is 5. The monoisotopic (exact) mass is 456 g/mol. The molecule has 2 heterocycles. The van der Waals surface area contributed by atoms with Crippen molar-refractivity contribution in [3.8, 4) is 16.9 Å². The predicted molar refractivity (Wildman–Crippen MR) is 116 cm³/mol. The van der Waals surface area contributed by atoms with Crippen LogP contribution in [0.5, 0.6) is 5.75 Å². The summed E-state index contributed by atoms with van der Waals surface area (Å²) in [6.07, 6.45) is -5.13. The van der Waals surface area contributed by atoms with Crippen LogP contribution in [0.2, 0.25) is 0 Å². The maximum atomic E-state index is 13.8. The van der Waals surface area contributed by atoms with Gasteiger partial charge in [-0.2, -0.15) is 22.8 Å². The molecule has 10 heteroatoms. The fraction of sp³-hybridized carbons (Fsp3) is 0.174. The summed E-state index contributed by atoms with van der Waals surface area (Å²) < 4.78 is 47.0. The van der Waals surface area contributed by atoms with E-state index >= 15 is 0 Å². The summed E-state index contributed by atoms with van der Waals surface area (Å²) in [5.41, 5.74) is -1.28. The van der Waals surface area contributed by atoms with E-state index in [0.717, 1.165) is 0 Å². The molecule has 2 aromatic heterocycles. The lowest BCUT2D eigenvalue weighted by molar-refractivity contribution is -0.140. The Labute approximate surface area is 185 Å². The van der Waals surface area contributed by atoms with Crippen LogP contribution in [0.15, 0.2) is 59.4 Å². The predicted octanol–water partition coefficient (Wildman–Crippen LogP) is 4.21. The summed E-state index contributed by atoms with van der Waals surface area (Å²) in [6.45, 7) is 1.53. The van der Waals surface area contributed by atoms with Gasteiger partial charge in [0, 0.05) is 23.0 Å². The number of H-pyrrole nitrogens is 1. The maximum absolute atomic E-state index is 13.8. The van der Waals surface area contributed by atoms with Crippen molar-refractivity contribution in [3.05, 3.63) is 81.9 Å². The largest absolute Gasteiger partial charge is 0.497 e. The van der Waals surface area contributed by atoms with E-state index in [0.29, 0.717) is 16.0 Å². The molecule has 0 bridgehead atoms. The molecular weight excluding hydrogens is 437 g/mol. The first-order valence-electron chi connectivity index (χ1n) is 9.90. The number of fused-ring (bicyclic) bond motifs is 1. The molecule has 2 N–H and O–H groups in total. The number of aromatic nitrogens is 3. The van der Waals surface area contributed by atoms with Crippen molar-refractivity contribution in [2.45, 2.75) is 19.5 Å². The minimum Gasteiger partial charge on any atom is -0.497 e. The zero-order valence-electron chi connectivity index (χ0n) is 17.7. The molecule has 4 aromatic rings. The van der Waals surface area contributed by atoms with Gasteiger partial charge in [0.1, 0.15) is 11.4 Å². The van der Waals surface area contributed by atoms with Crippen molar-refractivity contribution in [2.24, 2.45) is 0 Å². The lowest BCUT2D eigenvalue weighted by Gasteiger charge is -2.09. The Morgan fingerprint density at radius 2 is 1.88 bits per heavy atom. The van der Waals surface area contributed by atoms with E-state index in [4.69, 9.17) is 4.74 Å². The lowest BCUT2D eigenvalue weighted by atomic mass is 10.1. The van der Waals surface area contributed by atoms with Crippen LogP contribution >= 0.6 is 0 Å². The van der Waals surface area contributed by atoms with E-state index in [1.54, 1.807) is 42.5 Å². The number of carbonyl (C=O) groups is 1. The number of nitrogens with zero attached hydrogens (tertiary/aromatic N) is 2. The average Bonchev–Trinajstić information content (AvgIpc) is 3.17. The standard InChI is InChI=1S/C23H19F3N4O3/c1-13-17(12-18(31)28-15-9-6-10-16(11-15)33-2)22(32)30-21(27-13)19(14-7-4-3-5-8-14)20(29-30)23(24,25)26/h3-11,27H,12H2,1-2H3,(H,28,31). The van der Waals surface area contributed by atoms with Gasteiger partial charge < -0.3 is 15.0 Å². The smallest absolute Gasteiger partial charge is 0.435 e. The molecule has 0 radical (unpaired) electrons. The van der Waals surface area contributed by atoms with Gasteiger partial charge in [-0.25, -0.2) is 0 Å². The molecule has 1 amide bonds. The molecule has 0 saturated carbocycles. The van der Waals surface area contributed by atoms with Gasteiger partial charge in [-0.3, -0.25) is 9.59 Å². The Kier molecular flexibility index (Phi) is 5.67. The molecule has 0 aliphatic carbocycles. The Morgan fingerprint density at radius 3 is 2.55 bits per heavy atom. The van der Waals surface area contributed by atoms with Crippen molar-refractivity contribution >= 4 is 17.2 Å². The summed E-state index contributed by atoms with van der Waals surface area (Å²) in [5.74, 6) is 0.0237. The third-order valence-electron chi connectivity index (χ3n) is 5.12. The molecule has 0 spiro atoms. The van der Waals surface area contributed by atoms with Gasteiger partial charge in [0.2, 0.25) is 5.91 Å². The first-order chi connectivity index (χ1) is 15.7. The van der Waals surface area contributed by atoms with Gasteiger partial charge >= 0.3 is 6.18 Å². The molecule has 4 rings (SSSR count). The topological polar surface area (TPSA) is 88.5 Å². The highest BCUT2D eigenvalue weighted by molar-refractivity contribution is 5.92. The molecule has 2 aromatic carbocycles. The molecule has 0 saturated heterocycles. The highest BCUT2D eigenvalue weighted by Gasteiger charge is 2.39. The lowest BCUT2D eigenvalue weighted by Crippen LogP contribution is -2.26. The molecular formula is C23H19F3N4O3. The minimum atomic E-state index is -4.78. The molecule has 0 aliphatic rings. The van der Waals surface area contributed by atoms with E-state index in [-0.39, 0.29) is 34.5 Å². The zero-order chi connectivity index (χ0) is 23.8. The van der Waals surface area contributed by atoms with Crippen molar-refractivity contribution in [1.82, 2.24) is 14.6 Å². The molecule has 0 aliphatic heterocycles. The highest BCUT2D eigenvalue weighted by Crippen LogP contribution is 2.38. The number of ether oxygens (including phenoxy) is 1. The van der Waals surface area contributed by atoms with Crippen LogP contribution in [0.25, 0.3) is 16.8 Å². The van der Waals surface area contributed by atoms with Gasteiger partial charge in [0.15, 0.2) is 5.69 Å². The number of aryl methyl sites for hydroxylation is 1. The summed E-state index contributed by atoms with van der Waals surface area (Å²) in [6, 6.07) is 14.5. The number of aromatic amines is 1. The molecule has 0 unspecified atom stereocenters. The Balaban J connectivity index is 1.77. The Bertz CT molecular complexity index is 1390. The van der Waals surface area contributed by atoms with Gasteiger partial charge in [0.05, 0.1) is 19.1 Å². The van der Waals surface area contributed by atoms with Crippen molar-refractivity contribution in [3.63, 3.8) is 0 Å². The number of benzene rings is 2. The minimum absolute atomic E-state index is 0.0127. The van der Waals surface area contributed by atoms with Gasteiger partial charge in [0.25, 0.3) is 5.56 Å². The molecule has 170 valence electrons. The molecule has 7 nitrogen and oxygen atoms in total. The number of methoxy groups -OCH3 is 1. The first-order valence-corrected chi connectivity index (χ1v) is 9.90. The molecule has 0 atom stereocenters. The van der Waals surface area contributed by atoms with Crippen LogP contribution in [0.4, 0.5) is 18.9 Å². The average molecular weight is 456 g/mol. The SMILES string of the molecule is COc1cccc(NC(=O)Cc2c(C)[nH]c3c(-c4ccccc4)c(C(F)(F)F)nn3c2=O)c1. The Hall–Kier alpha value is -4.08. The van der Waals surface area contributed by atoms with E-state index < -0.39 is 23.3 Å². The van der Waals surface area contributed by atoms with Crippen LogP contribution < -0.4 is 15.6 Å². The number of carbonyl (C=O) groups excluding carboxylic acids is 1. The molecule has 0 fully saturated rings. The van der Waals surface area contributed by atoms with Crippen LogP contribution in [0.3, 0.4) is 0 Å². The normalized spacial score (nSPS) is 11.5. The van der Waals surface area contributed by atoms with Gasteiger partial charge in [-0.15, -0.1) is 0 Å². The van der Waals surface area contributed by atoms with E-state index in [9.17, 15) is 22.8 Å². The number of nitrogens with one attached hydrogen (secondary N) is 2. The second-order valence-electron chi connectivity index (χ2n) is 7.34. The second kappa shape index (κ2) is 8.45. The van der Waals surface area contributed by atoms with Crippen molar-refractivity contribution < 1.29 is 22.7 Å². The second-order valence-corrected chi connectivity index (χ2v) is 7.34. The number of anilines is 1. The number of amides is 1. The maximum Gasteiger partial charge on any atom is 0.435 e. The third kappa shape index (κ3) is 4.32. The summed E-state index contributed by atoms with van der Waals surface area (Å²) in [7, 11) is 1.49. The fourth-order valence-electron chi connectivity index (χ4n) is 3.57. The highest BCUT2D eigenvalue weighted by atomic mass is 19.4. The van der Waals surface area contributed by atoms with Gasteiger partial charge in [-0.05, 0) is 24.6 Å². The summed E-state index contributed by atoms with van der Waals surface area (Å²) in [4.78, 5) is 28.5. The van der Waals surface area contributed by atoms with Crippen LogP contribution in [-0.4, -0.2) is 27.6 Å².